The fourth-order valence-electron chi connectivity index (χ4n) is 1.54. The zero-order valence-corrected chi connectivity index (χ0v) is 11.8. The summed E-state index contributed by atoms with van der Waals surface area (Å²) in [4.78, 5) is 23.2. The van der Waals surface area contributed by atoms with Gasteiger partial charge in [-0.1, -0.05) is 11.6 Å². The number of ether oxygens (including phenoxy) is 2. The summed E-state index contributed by atoms with van der Waals surface area (Å²) in [6, 6.07) is 6.23. The van der Waals surface area contributed by atoms with Crippen molar-refractivity contribution in [2.24, 2.45) is 0 Å². The number of furan rings is 1. The minimum absolute atomic E-state index is 0.246. The summed E-state index contributed by atoms with van der Waals surface area (Å²) in [5.74, 6) is -0.610. The van der Waals surface area contributed by atoms with Crippen LogP contribution in [0.1, 0.15) is 10.4 Å². The van der Waals surface area contributed by atoms with Crippen molar-refractivity contribution in [2.75, 3.05) is 19.0 Å². The number of carbonyl (C=O) groups is 2. The molecule has 0 saturated heterocycles. The second kappa shape index (κ2) is 6.81. The van der Waals surface area contributed by atoms with Gasteiger partial charge in [-0.25, -0.2) is 4.79 Å². The summed E-state index contributed by atoms with van der Waals surface area (Å²) in [5.41, 5.74) is 0.723. The van der Waals surface area contributed by atoms with Gasteiger partial charge in [-0.05, 0) is 24.3 Å². The average molecular weight is 310 g/mol. The summed E-state index contributed by atoms with van der Waals surface area (Å²) in [6.07, 6.45) is 2.58. The molecule has 0 spiro atoms. The van der Waals surface area contributed by atoms with Crippen molar-refractivity contribution >= 4 is 29.2 Å². The lowest BCUT2D eigenvalue weighted by atomic mass is 10.3. The van der Waals surface area contributed by atoms with E-state index in [-0.39, 0.29) is 5.56 Å². The van der Waals surface area contributed by atoms with Crippen LogP contribution in [0.25, 0.3) is 0 Å². The van der Waals surface area contributed by atoms with Crippen molar-refractivity contribution in [1.82, 2.24) is 0 Å². The van der Waals surface area contributed by atoms with E-state index >= 15 is 0 Å². The monoisotopic (exact) mass is 309 g/mol. The van der Waals surface area contributed by atoms with Gasteiger partial charge in [0.05, 0.1) is 24.0 Å². The van der Waals surface area contributed by atoms with E-state index in [0.717, 1.165) is 0 Å². The molecular formula is C14H12ClNO5. The number of hydrogen-bond donors (Lipinski definition) is 1. The van der Waals surface area contributed by atoms with Crippen molar-refractivity contribution in [3.8, 4) is 5.75 Å². The molecule has 0 bridgehead atoms. The van der Waals surface area contributed by atoms with E-state index in [9.17, 15) is 9.59 Å². The number of hydrogen-bond acceptors (Lipinski definition) is 5. The third-order valence-corrected chi connectivity index (χ3v) is 2.82. The first-order valence-corrected chi connectivity index (χ1v) is 6.30. The second-order valence-electron chi connectivity index (χ2n) is 3.99. The first kappa shape index (κ1) is 14.9. The standard InChI is InChI=1S/C14H12ClNO5/c1-19-12-3-2-10(6-11(12)15)16-13(17)8-21-14(18)9-4-5-20-7-9/h2-7H,8H2,1H3,(H,16,17). The van der Waals surface area contributed by atoms with Crippen molar-refractivity contribution in [1.29, 1.82) is 0 Å². The van der Waals surface area contributed by atoms with Gasteiger partial charge >= 0.3 is 5.97 Å². The number of amides is 1. The normalized spacial score (nSPS) is 10.0. The van der Waals surface area contributed by atoms with Gasteiger partial charge in [0.25, 0.3) is 5.91 Å². The topological polar surface area (TPSA) is 77.8 Å². The fourth-order valence-corrected chi connectivity index (χ4v) is 1.79. The van der Waals surface area contributed by atoms with Crippen molar-refractivity contribution in [3.63, 3.8) is 0 Å². The Balaban J connectivity index is 1.87. The number of carbonyl (C=O) groups excluding carboxylic acids is 2. The summed E-state index contributed by atoms with van der Waals surface area (Å²) >= 11 is 5.94. The third kappa shape index (κ3) is 4.00. The molecule has 0 saturated carbocycles. The molecule has 1 aromatic heterocycles. The molecule has 7 heteroatoms. The summed E-state index contributed by atoms with van der Waals surface area (Å²) < 4.78 is 14.6. The van der Waals surface area contributed by atoms with Crippen LogP contribution in [0.3, 0.4) is 0 Å². The van der Waals surface area contributed by atoms with E-state index < -0.39 is 18.5 Å². The molecule has 2 rings (SSSR count). The molecule has 0 atom stereocenters. The lowest BCUT2D eigenvalue weighted by molar-refractivity contribution is -0.119. The number of anilines is 1. The van der Waals surface area contributed by atoms with E-state index in [2.05, 4.69) is 5.32 Å². The van der Waals surface area contributed by atoms with Gasteiger partial charge in [-0.2, -0.15) is 0 Å². The minimum Gasteiger partial charge on any atom is -0.495 e. The number of methoxy groups -OCH3 is 1. The molecule has 6 nitrogen and oxygen atoms in total. The van der Waals surface area contributed by atoms with Crippen molar-refractivity contribution in [2.45, 2.75) is 0 Å². The smallest absolute Gasteiger partial charge is 0.341 e. The van der Waals surface area contributed by atoms with Gasteiger partial charge in [0.15, 0.2) is 6.61 Å². The molecule has 1 amide bonds. The zero-order chi connectivity index (χ0) is 15.2. The summed E-state index contributed by atoms with van der Waals surface area (Å²) in [7, 11) is 1.49. The highest BCUT2D eigenvalue weighted by atomic mass is 35.5. The summed E-state index contributed by atoms with van der Waals surface area (Å²) in [5, 5.41) is 2.92. The van der Waals surface area contributed by atoms with Crippen molar-refractivity contribution < 1.29 is 23.5 Å². The third-order valence-electron chi connectivity index (χ3n) is 2.53. The molecule has 0 aliphatic heterocycles. The van der Waals surface area contributed by atoms with Crippen LogP contribution in [0.2, 0.25) is 5.02 Å². The van der Waals surface area contributed by atoms with E-state index in [1.54, 1.807) is 12.1 Å². The lowest BCUT2D eigenvalue weighted by Gasteiger charge is -2.08. The zero-order valence-electron chi connectivity index (χ0n) is 11.1. The van der Waals surface area contributed by atoms with Crippen LogP contribution in [-0.2, 0) is 9.53 Å². The van der Waals surface area contributed by atoms with Gasteiger partial charge in [-0.15, -0.1) is 0 Å². The summed E-state index contributed by atoms with van der Waals surface area (Å²) in [6.45, 7) is -0.409. The van der Waals surface area contributed by atoms with Gasteiger partial charge in [0.1, 0.15) is 12.0 Å². The van der Waals surface area contributed by atoms with Crippen LogP contribution >= 0.6 is 11.6 Å². The molecule has 0 aliphatic carbocycles. The Morgan fingerprint density at radius 3 is 2.76 bits per heavy atom. The predicted octanol–water partition coefficient (Wildman–Crippen LogP) is 2.74. The SMILES string of the molecule is COc1ccc(NC(=O)COC(=O)c2ccoc2)cc1Cl. The Morgan fingerprint density at radius 2 is 2.14 bits per heavy atom. The Hall–Kier alpha value is -2.47. The molecular weight excluding hydrogens is 298 g/mol. The van der Waals surface area contributed by atoms with E-state index in [0.29, 0.717) is 16.5 Å². The Kier molecular flexibility index (Phi) is 4.84. The first-order chi connectivity index (χ1) is 10.1. The van der Waals surface area contributed by atoms with Crippen LogP contribution in [-0.4, -0.2) is 25.6 Å². The Labute approximate surface area is 125 Å². The van der Waals surface area contributed by atoms with Crippen LogP contribution in [0.15, 0.2) is 41.2 Å². The first-order valence-electron chi connectivity index (χ1n) is 5.93. The predicted molar refractivity (Wildman–Crippen MR) is 75.6 cm³/mol. The number of esters is 1. The highest BCUT2D eigenvalue weighted by Crippen LogP contribution is 2.27. The van der Waals surface area contributed by atoms with Gasteiger partial charge in [0.2, 0.25) is 0 Å². The average Bonchev–Trinajstić information content (AvgIpc) is 2.99. The van der Waals surface area contributed by atoms with E-state index in [4.69, 9.17) is 25.5 Å². The molecule has 1 aromatic carbocycles. The van der Waals surface area contributed by atoms with Gasteiger partial charge in [0, 0.05) is 5.69 Å². The second-order valence-corrected chi connectivity index (χ2v) is 4.39. The van der Waals surface area contributed by atoms with E-state index in [1.165, 1.54) is 31.8 Å². The number of halogens is 1. The molecule has 0 radical (unpaired) electrons. The van der Waals surface area contributed by atoms with Crippen molar-refractivity contribution in [3.05, 3.63) is 47.4 Å². The lowest BCUT2D eigenvalue weighted by Crippen LogP contribution is -2.20. The maximum Gasteiger partial charge on any atom is 0.341 e. The maximum absolute atomic E-state index is 11.7. The highest BCUT2D eigenvalue weighted by Gasteiger charge is 2.11. The molecule has 1 N–H and O–H groups in total. The van der Waals surface area contributed by atoms with Crippen LogP contribution in [0, 0.1) is 0 Å². The molecule has 2 aromatic rings. The van der Waals surface area contributed by atoms with E-state index in [1.807, 2.05) is 0 Å². The molecule has 1 heterocycles. The fraction of sp³-hybridized carbons (Fsp3) is 0.143. The molecule has 21 heavy (non-hydrogen) atoms. The highest BCUT2D eigenvalue weighted by molar-refractivity contribution is 6.32. The molecule has 0 aliphatic rings. The molecule has 0 fully saturated rings. The molecule has 110 valence electrons. The quantitative estimate of drug-likeness (QED) is 0.859. The van der Waals surface area contributed by atoms with Crippen LogP contribution in [0.4, 0.5) is 5.69 Å². The number of benzene rings is 1. The minimum atomic E-state index is -0.633. The number of nitrogens with one attached hydrogen (secondary N) is 1. The Bertz CT molecular complexity index is 639. The van der Waals surface area contributed by atoms with Crippen LogP contribution < -0.4 is 10.1 Å². The van der Waals surface area contributed by atoms with Gasteiger partial charge < -0.3 is 19.2 Å². The maximum atomic E-state index is 11.7. The van der Waals surface area contributed by atoms with Gasteiger partial charge in [-0.3, -0.25) is 4.79 Å². The number of rotatable bonds is 5. The largest absolute Gasteiger partial charge is 0.495 e. The Morgan fingerprint density at radius 1 is 1.33 bits per heavy atom. The van der Waals surface area contributed by atoms with Crippen LogP contribution in [0.5, 0.6) is 5.75 Å². The molecule has 0 unspecified atom stereocenters.